The number of nitrogens with two attached hydrogens (primary N) is 1. The van der Waals surface area contributed by atoms with Crippen LogP contribution in [0.1, 0.15) is 23.2 Å². The third-order valence-electron chi connectivity index (χ3n) is 4.41. The van der Waals surface area contributed by atoms with Crippen LogP contribution >= 0.6 is 11.6 Å². The lowest BCUT2D eigenvalue weighted by Gasteiger charge is -2.15. The number of benzene rings is 3. The minimum absolute atomic E-state index is 0.100. The minimum atomic E-state index is -0.100. The molecule has 0 atom stereocenters. The summed E-state index contributed by atoms with van der Waals surface area (Å²) in [4.78, 5) is 12.2. The van der Waals surface area contributed by atoms with E-state index < -0.39 is 0 Å². The third kappa shape index (κ3) is 4.38. The fourth-order valence-corrected chi connectivity index (χ4v) is 2.94. The topological polar surface area (TPSA) is 76.4 Å². The fraction of sp³-hybridized carbons (Fsp3) is 0.136. The SMILES string of the molecule is Nc1cc(C(=O)NC2CC2)ccc1Nc1cc(Cl)ccc1Oc1ccccc1. The van der Waals surface area contributed by atoms with Gasteiger partial charge in [-0.05, 0) is 61.4 Å². The van der Waals surface area contributed by atoms with Crippen LogP contribution in [0.5, 0.6) is 11.5 Å². The summed E-state index contributed by atoms with van der Waals surface area (Å²) in [5.41, 5.74) is 8.54. The summed E-state index contributed by atoms with van der Waals surface area (Å²) in [5, 5.41) is 6.78. The summed E-state index contributed by atoms with van der Waals surface area (Å²) in [6.45, 7) is 0. The van der Waals surface area contributed by atoms with Gasteiger partial charge in [-0.15, -0.1) is 0 Å². The molecule has 1 aliphatic rings. The molecule has 3 aromatic carbocycles. The first-order chi connectivity index (χ1) is 13.6. The zero-order valence-corrected chi connectivity index (χ0v) is 15.9. The monoisotopic (exact) mass is 393 g/mol. The molecule has 1 aliphatic carbocycles. The Morgan fingerprint density at radius 1 is 1.00 bits per heavy atom. The number of nitrogen functional groups attached to an aromatic ring is 1. The highest BCUT2D eigenvalue weighted by molar-refractivity contribution is 6.31. The Kier molecular flexibility index (Phi) is 5.08. The quantitative estimate of drug-likeness (QED) is 0.493. The molecule has 0 unspecified atom stereocenters. The second-order valence-electron chi connectivity index (χ2n) is 6.73. The van der Waals surface area contributed by atoms with Crippen molar-refractivity contribution in [3.05, 3.63) is 77.3 Å². The zero-order chi connectivity index (χ0) is 19.5. The van der Waals surface area contributed by atoms with Crippen molar-refractivity contribution >= 4 is 34.6 Å². The van der Waals surface area contributed by atoms with Crippen molar-refractivity contribution in [2.45, 2.75) is 18.9 Å². The molecule has 0 bridgehead atoms. The Morgan fingerprint density at radius 3 is 2.50 bits per heavy atom. The molecule has 0 aliphatic heterocycles. The Hall–Kier alpha value is -3.18. The van der Waals surface area contributed by atoms with Crippen molar-refractivity contribution in [2.75, 3.05) is 11.1 Å². The first-order valence-electron chi connectivity index (χ1n) is 9.08. The molecule has 3 aromatic rings. The van der Waals surface area contributed by atoms with E-state index in [0.29, 0.717) is 45.2 Å². The van der Waals surface area contributed by atoms with Crippen LogP contribution in [0, 0.1) is 0 Å². The molecular weight excluding hydrogens is 374 g/mol. The fourth-order valence-electron chi connectivity index (χ4n) is 2.76. The summed E-state index contributed by atoms with van der Waals surface area (Å²) in [6.07, 6.45) is 2.08. The highest BCUT2D eigenvalue weighted by Gasteiger charge is 2.24. The van der Waals surface area contributed by atoms with Gasteiger partial charge in [-0.1, -0.05) is 29.8 Å². The number of para-hydroxylation sites is 1. The maximum absolute atomic E-state index is 12.2. The van der Waals surface area contributed by atoms with Crippen LogP contribution in [-0.4, -0.2) is 11.9 Å². The second-order valence-corrected chi connectivity index (χ2v) is 7.17. The number of halogens is 1. The van der Waals surface area contributed by atoms with Crippen molar-refractivity contribution in [3.63, 3.8) is 0 Å². The number of carbonyl (C=O) groups is 1. The predicted molar refractivity (Wildman–Crippen MR) is 113 cm³/mol. The molecule has 6 heteroatoms. The Labute approximate surface area is 168 Å². The van der Waals surface area contributed by atoms with E-state index in [4.69, 9.17) is 22.1 Å². The van der Waals surface area contributed by atoms with Crippen molar-refractivity contribution in [1.29, 1.82) is 0 Å². The smallest absolute Gasteiger partial charge is 0.251 e. The number of hydrogen-bond donors (Lipinski definition) is 3. The molecular formula is C22H20ClN3O2. The van der Waals surface area contributed by atoms with Gasteiger partial charge in [0.1, 0.15) is 5.75 Å². The van der Waals surface area contributed by atoms with Crippen molar-refractivity contribution < 1.29 is 9.53 Å². The largest absolute Gasteiger partial charge is 0.455 e. The van der Waals surface area contributed by atoms with Gasteiger partial charge in [-0.2, -0.15) is 0 Å². The van der Waals surface area contributed by atoms with Crippen LogP contribution < -0.4 is 21.1 Å². The van der Waals surface area contributed by atoms with E-state index in [-0.39, 0.29) is 5.91 Å². The average Bonchev–Trinajstić information content (AvgIpc) is 3.50. The second kappa shape index (κ2) is 7.82. The molecule has 142 valence electrons. The van der Waals surface area contributed by atoms with E-state index in [0.717, 1.165) is 12.8 Å². The average molecular weight is 394 g/mol. The van der Waals surface area contributed by atoms with Gasteiger partial charge >= 0.3 is 0 Å². The molecule has 1 fully saturated rings. The number of carbonyl (C=O) groups excluding carboxylic acids is 1. The van der Waals surface area contributed by atoms with Gasteiger partial charge in [0, 0.05) is 16.6 Å². The highest BCUT2D eigenvalue weighted by Crippen LogP contribution is 2.35. The van der Waals surface area contributed by atoms with Gasteiger partial charge in [-0.25, -0.2) is 0 Å². The molecule has 1 amide bonds. The predicted octanol–water partition coefficient (Wildman–Crippen LogP) is 5.35. The zero-order valence-electron chi connectivity index (χ0n) is 15.1. The Balaban J connectivity index is 1.56. The molecule has 0 saturated heterocycles. The van der Waals surface area contributed by atoms with Gasteiger partial charge in [0.15, 0.2) is 5.75 Å². The number of rotatable bonds is 6. The van der Waals surface area contributed by atoms with Crippen LogP contribution in [0.3, 0.4) is 0 Å². The molecule has 4 rings (SSSR count). The molecule has 4 N–H and O–H groups in total. The summed E-state index contributed by atoms with van der Waals surface area (Å²) < 4.78 is 5.96. The normalized spacial score (nSPS) is 13.0. The van der Waals surface area contributed by atoms with Crippen molar-refractivity contribution in [2.24, 2.45) is 0 Å². The van der Waals surface area contributed by atoms with Gasteiger partial charge < -0.3 is 21.1 Å². The van der Waals surface area contributed by atoms with Crippen LogP contribution in [-0.2, 0) is 0 Å². The number of nitrogens with one attached hydrogen (secondary N) is 2. The first kappa shape index (κ1) is 18.2. The van der Waals surface area contributed by atoms with E-state index in [1.165, 1.54) is 0 Å². The van der Waals surface area contributed by atoms with Gasteiger partial charge in [0.25, 0.3) is 5.91 Å². The molecule has 5 nitrogen and oxygen atoms in total. The summed E-state index contributed by atoms with van der Waals surface area (Å²) in [5.74, 6) is 1.23. The van der Waals surface area contributed by atoms with Crippen molar-refractivity contribution in [1.82, 2.24) is 5.32 Å². The van der Waals surface area contributed by atoms with Crippen LogP contribution in [0.2, 0.25) is 5.02 Å². The molecule has 0 radical (unpaired) electrons. The Bertz CT molecular complexity index is 1000. The maximum atomic E-state index is 12.2. The molecule has 1 saturated carbocycles. The van der Waals surface area contributed by atoms with Crippen molar-refractivity contribution in [3.8, 4) is 11.5 Å². The van der Waals surface area contributed by atoms with Crippen LogP contribution in [0.25, 0.3) is 0 Å². The van der Waals surface area contributed by atoms with E-state index in [9.17, 15) is 4.79 Å². The molecule has 28 heavy (non-hydrogen) atoms. The van der Waals surface area contributed by atoms with Gasteiger partial charge in [0.05, 0.1) is 17.1 Å². The van der Waals surface area contributed by atoms with E-state index in [2.05, 4.69) is 10.6 Å². The van der Waals surface area contributed by atoms with Gasteiger partial charge in [0.2, 0.25) is 0 Å². The summed E-state index contributed by atoms with van der Waals surface area (Å²) in [7, 11) is 0. The highest BCUT2D eigenvalue weighted by atomic mass is 35.5. The lowest BCUT2D eigenvalue weighted by atomic mass is 10.1. The maximum Gasteiger partial charge on any atom is 0.251 e. The Morgan fingerprint density at radius 2 is 1.79 bits per heavy atom. The summed E-state index contributed by atoms with van der Waals surface area (Å²) in [6, 6.07) is 20.3. The third-order valence-corrected chi connectivity index (χ3v) is 4.64. The lowest BCUT2D eigenvalue weighted by Crippen LogP contribution is -2.25. The number of hydrogen-bond acceptors (Lipinski definition) is 4. The molecule has 0 aromatic heterocycles. The number of ether oxygens (including phenoxy) is 1. The van der Waals surface area contributed by atoms with Gasteiger partial charge in [-0.3, -0.25) is 4.79 Å². The first-order valence-corrected chi connectivity index (χ1v) is 9.46. The lowest BCUT2D eigenvalue weighted by molar-refractivity contribution is 0.0951. The van der Waals surface area contributed by atoms with E-state index in [1.54, 1.807) is 36.4 Å². The summed E-state index contributed by atoms with van der Waals surface area (Å²) >= 11 is 6.17. The number of anilines is 3. The van der Waals surface area contributed by atoms with Crippen LogP contribution in [0.15, 0.2) is 66.7 Å². The van der Waals surface area contributed by atoms with E-state index in [1.807, 2.05) is 30.3 Å². The minimum Gasteiger partial charge on any atom is -0.455 e. The number of amides is 1. The van der Waals surface area contributed by atoms with Crippen LogP contribution in [0.4, 0.5) is 17.1 Å². The molecule has 0 heterocycles. The standard InChI is InChI=1S/C22H20ClN3O2/c23-15-7-11-21(28-17-4-2-1-3-5-17)20(13-15)26-19-10-6-14(12-18(19)24)22(27)25-16-8-9-16/h1-7,10-13,16,26H,8-9,24H2,(H,25,27). The molecule has 0 spiro atoms. The van der Waals surface area contributed by atoms with E-state index >= 15 is 0 Å².